The van der Waals surface area contributed by atoms with Crippen molar-refractivity contribution in [1.29, 1.82) is 5.26 Å². The number of hydrogen-bond donors (Lipinski definition) is 0. The van der Waals surface area contributed by atoms with E-state index in [9.17, 15) is 24.4 Å². The fraction of sp³-hybridized carbons (Fsp3) is 0.686. The lowest BCUT2D eigenvalue weighted by Gasteiger charge is -2.34. The molecule has 0 amide bonds. The summed E-state index contributed by atoms with van der Waals surface area (Å²) in [4.78, 5) is 54.5. The van der Waals surface area contributed by atoms with Crippen molar-refractivity contribution < 1.29 is 38.1 Å². The van der Waals surface area contributed by atoms with Crippen molar-refractivity contribution in [1.82, 2.24) is 0 Å². The first kappa shape index (κ1) is 35.1. The molecule has 1 aromatic rings. The molecule has 0 radical (unpaired) electrons. The lowest BCUT2D eigenvalue weighted by Crippen LogP contribution is -2.41. The Morgan fingerprint density at radius 1 is 0.705 bits per heavy atom. The molecule has 9 heteroatoms. The average molecular weight is 612 g/mol. The molecule has 1 aromatic carbocycles. The zero-order chi connectivity index (χ0) is 32.7. The van der Waals surface area contributed by atoms with E-state index < -0.39 is 34.7 Å². The fourth-order valence-electron chi connectivity index (χ4n) is 7.67. The molecule has 0 aliphatic heterocycles. The van der Waals surface area contributed by atoms with Gasteiger partial charge in [0.2, 0.25) is 0 Å². The molecule has 0 heterocycles. The summed E-state index contributed by atoms with van der Waals surface area (Å²) in [6, 6.07) is 9.45. The first-order valence-electron chi connectivity index (χ1n) is 16.0. The van der Waals surface area contributed by atoms with E-state index >= 15 is 0 Å². The Labute approximate surface area is 261 Å². The van der Waals surface area contributed by atoms with Gasteiger partial charge in [-0.05, 0) is 113 Å². The van der Waals surface area contributed by atoms with Crippen LogP contribution in [0.4, 0.5) is 0 Å². The minimum absolute atomic E-state index is 0.0718. The monoisotopic (exact) mass is 611 g/mol. The number of carbonyl (C=O) groups excluding carboxylic acids is 4. The Hall–Kier alpha value is -3.41. The van der Waals surface area contributed by atoms with Crippen molar-refractivity contribution in [2.75, 3.05) is 26.4 Å². The fourth-order valence-corrected chi connectivity index (χ4v) is 7.67. The van der Waals surface area contributed by atoms with Gasteiger partial charge in [-0.15, -0.1) is 0 Å². The molecule has 0 saturated heterocycles. The van der Waals surface area contributed by atoms with Crippen LogP contribution >= 0.6 is 0 Å². The molecule has 9 nitrogen and oxygen atoms in total. The smallest absolute Gasteiger partial charge is 0.323 e. The number of hydrogen-bond acceptors (Lipinski definition) is 9. The lowest BCUT2D eigenvalue weighted by atomic mass is 9.71. The SMILES string of the molecule is CCOC(=O)C1(C(=O)OCC)C[C@H](Cc2ccc(C#N)cc2)[C@H]([C@H]2CC(C(=O)OCC)(C(=O)OCC)C[C@H]2CC(C)(C)C)C1. The van der Waals surface area contributed by atoms with E-state index in [1.807, 2.05) is 12.1 Å². The molecular formula is C35H49NO8. The molecule has 2 aliphatic carbocycles. The summed E-state index contributed by atoms with van der Waals surface area (Å²) < 4.78 is 22.0. The number of rotatable bonds is 12. The molecule has 44 heavy (non-hydrogen) atoms. The van der Waals surface area contributed by atoms with Crippen LogP contribution in [0.5, 0.6) is 0 Å². The van der Waals surface area contributed by atoms with Crippen LogP contribution in [0.3, 0.4) is 0 Å². The summed E-state index contributed by atoms with van der Waals surface area (Å²) in [5, 5.41) is 9.30. The van der Waals surface area contributed by atoms with E-state index in [-0.39, 0.29) is 81.2 Å². The largest absolute Gasteiger partial charge is 0.465 e. The van der Waals surface area contributed by atoms with Crippen molar-refractivity contribution in [3.63, 3.8) is 0 Å². The third kappa shape index (κ3) is 7.44. The topological polar surface area (TPSA) is 129 Å². The Morgan fingerprint density at radius 3 is 1.45 bits per heavy atom. The maximum Gasteiger partial charge on any atom is 0.323 e. The molecule has 4 atom stereocenters. The van der Waals surface area contributed by atoms with Crippen LogP contribution in [0.25, 0.3) is 0 Å². The second-order valence-corrected chi connectivity index (χ2v) is 13.5. The van der Waals surface area contributed by atoms with Gasteiger partial charge in [0.1, 0.15) is 0 Å². The second-order valence-electron chi connectivity index (χ2n) is 13.5. The lowest BCUT2D eigenvalue weighted by molar-refractivity contribution is -0.174. The molecule has 0 unspecified atom stereocenters. The summed E-state index contributed by atoms with van der Waals surface area (Å²) in [7, 11) is 0. The standard InChI is InChI=1S/C35H49NO8/c1-8-41-29(37)34(30(38)42-9-2)18-25(16-23-12-14-24(22-36)15-13-23)27(20-34)28-21-35(31(39)43-10-3,32(40)44-11-4)19-26(28)17-33(5,6)7/h12-15,25-28H,8-11,16-21H2,1-7H3/t25-,26+,27+,28-/m0/s1. The van der Waals surface area contributed by atoms with Crippen molar-refractivity contribution >= 4 is 23.9 Å². The highest BCUT2D eigenvalue weighted by molar-refractivity contribution is 6.01. The number of carbonyl (C=O) groups is 4. The maximum absolute atomic E-state index is 13.6. The van der Waals surface area contributed by atoms with Gasteiger partial charge in [-0.1, -0.05) is 32.9 Å². The molecule has 0 spiro atoms. The summed E-state index contributed by atoms with van der Waals surface area (Å²) in [6.07, 6.45) is 2.17. The Balaban J connectivity index is 2.17. The van der Waals surface area contributed by atoms with Gasteiger partial charge in [0.05, 0.1) is 38.1 Å². The zero-order valence-corrected chi connectivity index (χ0v) is 27.4. The van der Waals surface area contributed by atoms with Gasteiger partial charge >= 0.3 is 23.9 Å². The number of benzene rings is 1. The summed E-state index contributed by atoms with van der Waals surface area (Å²) in [6.45, 7) is 13.7. The summed E-state index contributed by atoms with van der Waals surface area (Å²) in [5.41, 5.74) is -1.58. The summed E-state index contributed by atoms with van der Waals surface area (Å²) in [5.74, 6) is -2.99. The van der Waals surface area contributed by atoms with Gasteiger partial charge in [0.25, 0.3) is 0 Å². The van der Waals surface area contributed by atoms with Crippen LogP contribution in [0, 0.1) is 51.2 Å². The van der Waals surface area contributed by atoms with Gasteiger partial charge in [-0.2, -0.15) is 5.26 Å². The van der Waals surface area contributed by atoms with Gasteiger partial charge in [0.15, 0.2) is 10.8 Å². The Morgan fingerprint density at radius 2 is 1.09 bits per heavy atom. The quantitative estimate of drug-likeness (QED) is 0.163. The first-order chi connectivity index (χ1) is 20.8. The molecule has 0 N–H and O–H groups in total. The van der Waals surface area contributed by atoms with Crippen LogP contribution in [-0.2, 0) is 44.5 Å². The van der Waals surface area contributed by atoms with Crippen molar-refractivity contribution in [2.45, 2.75) is 87.0 Å². The maximum atomic E-state index is 13.6. The predicted octanol–water partition coefficient (Wildman–Crippen LogP) is 5.81. The minimum atomic E-state index is -1.50. The van der Waals surface area contributed by atoms with Crippen LogP contribution < -0.4 is 0 Å². The Bertz CT molecular complexity index is 1190. The van der Waals surface area contributed by atoms with Crippen molar-refractivity contribution in [2.24, 2.45) is 39.9 Å². The molecule has 2 saturated carbocycles. The van der Waals surface area contributed by atoms with E-state index in [4.69, 9.17) is 18.9 Å². The number of nitriles is 1. The van der Waals surface area contributed by atoms with Crippen LogP contribution in [-0.4, -0.2) is 50.3 Å². The van der Waals surface area contributed by atoms with Gasteiger partial charge < -0.3 is 18.9 Å². The molecule has 242 valence electrons. The molecular weight excluding hydrogens is 562 g/mol. The third-order valence-electron chi connectivity index (χ3n) is 9.27. The van der Waals surface area contributed by atoms with Gasteiger partial charge in [-0.25, -0.2) is 0 Å². The van der Waals surface area contributed by atoms with E-state index in [1.54, 1.807) is 39.8 Å². The molecule has 3 rings (SSSR count). The highest BCUT2D eigenvalue weighted by atomic mass is 16.6. The van der Waals surface area contributed by atoms with Crippen molar-refractivity contribution in [3.8, 4) is 6.07 Å². The number of ether oxygens (including phenoxy) is 4. The van der Waals surface area contributed by atoms with E-state index in [0.717, 1.165) is 12.0 Å². The van der Waals surface area contributed by atoms with Gasteiger partial charge in [-0.3, -0.25) is 19.2 Å². The average Bonchev–Trinajstić information content (AvgIpc) is 3.53. The van der Waals surface area contributed by atoms with E-state index in [2.05, 4.69) is 26.8 Å². The molecule has 0 bridgehead atoms. The highest BCUT2D eigenvalue weighted by Crippen LogP contribution is 2.60. The van der Waals surface area contributed by atoms with Gasteiger partial charge in [0, 0.05) is 0 Å². The van der Waals surface area contributed by atoms with E-state index in [0.29, 0.717) is 12.0 Å². The normalized spacial score (nSPS) is 23.8. The second kappa shape index (κ2) is 14.6. The number of esters is 4. The van der Waals surface area contributed by atoms with Crippen LogP contribution in [0.15, 0.2) is 24.3 Å². The first-order valence-corrected chi connectivity index (χ1v) is 16.0. The van der Waals surface area contributed by atoms with Crippen LogP contribution in [0.2, 0.25) is 0 Å². The minimum Gasteiger partial charge on any atom is -0.465 e. The number of nitrogens with zero attached hydrogens (tertiary/aromatic N) is 1. The molecule has 2 fully saturated rings. The molecule has 2 aliphatic rings. The zero-order valence-electron chi connectivity index (χ0n) is 27.4. The van der Waals surface area contributed by atoms with E-state index in [1.165, 1.54) is 0 Å². The Kier molecular flexibility index (Phi) is 11.6. The summed E-state index contributed by atoms with van der Waals surface area (Å²) >= 11 is 0. The molecule has 0 aromatic heterocycles. The third-order valence-corrected chi connectivity index (χ3v) is 9.27. The predicted molar refractivity (Wildman–Crippen MR) is 163 cm³/mol. The van der Waals surface area contributed by atoms with Crippen LogP contribution in [0.1, 0.15) is 91.7 Å². The van der Waals surface area contributed by atoms with Crippen molar-refractivity contribution in [3.05, 3.63) is 35.4 Å². The highest BCUT2D eigenvalue weighted by Gasteiger charge is 2.64.